The normalized spacial score (nSPS) is 11.0. The van der Waals surface area contributed by atoms with Crippen molar-refractivity contribution in [3.8, 4) is 5.75 Å². The predicted molar refractivity (Wildman–Crippen MR) is 101 cm³/mol. The molecule has 0 fully saturated rings. The summed E-state index contributed by atoms with van der Waals surface area (Å²) in [6.45, 7) is 4.51. The first-order chi connectivity index (χ1) is 12.2. The van der Waals surface area contributed by atoms with E-state index < -0.39 is 0 Å². The molecule has 25 heavy (non-hydrogen) atoms. The number of rotatable bonds is 5. The Balaban J connectivity index is 1.75. The van der Waals surface area contributed by atoms with Gasteiger partial charge in [0.15, 0.2) is 0 Å². The number of fused-ring (bicyclic) bond motifs is 1. The van der Waals surface area contributed by atoms with Crippen LogP contribution in [-0.2, 0) is 0 Å². The van der Waals surface area contributed by atoms with Crippen LogP contribution in [0.2, 0.25) is 0 Å². The van der Waals surface area contributed by atoms with Crippen LogP contribution in [0.15, 0.2) is 65.8 Å². The summed E-state index contributed by atoms with van der Waals surface area (Å²) in [4.78, 5) is 12.6. The molecule has 0 spiro atoms. The Hall–Kier alpha value is -3.14. The highest BCUT2D eigenvalue weighted by molar-refractivity contribution is 6.08. The minimum atomic E-state index is -0.212. The summed E-state index contributed by atoms with van der Waals surface area (Å²) in [6, 6.07) is 19.3. The van der Waals surface area contributed by atoms with Crippen molar-refractivity contribution in [1.82, 2.24) is 5.43 Å². The number of benzene rings is 3. The molecule has 0 heterocycles. The second-order valence-corrected chi connectivity index (χ2v) is 5.68. The lowest BCUT2D eigenvalue weighted by Gasteiger charge is -2.08. The van der Waals surface area contributed by atoms with Crippen LogP contribution in [0.5, 0.6) is 5.75 Å². The van der Waals surface area contributed by atoms with Gasteiger partial charge in [0, 0.05) is 0 Å². The molecule has 0 saturated heterocycles. The molecule has 0 aliphatic rings. The summed E-state index contributed by atoms with van der Waals surface area (Å²) in [5.41, 5.74) is 5.09. The molecular weight excluding hydrogens is 312 g/mol. The largest absolute Gasteiger partial charge is 0.494 e. The lowest BCUT2D eigenvalue weighted by Crippen LogP contribution is -2.19. The molecule has 1 N–H and O–H groups in total. The van der Waals surface area contributed by atoms with Gasteiger partial charge in [0.25, 0.3) is 5.91 Å². The highest BCUT2D eigenvalue weighted by atomic mass is 16.5. The van der Waals surface area contributed by atoms with Gasteiger partial charge in [-0.25, -0.2) is 5.43 Å². The topological polar surface area (TPSA) is 50.7 Å². The third-order valence-electron chi connectivity index (χ3n) is 3.94. The maximum Gasteiger partial charge on any atom is 0.272 e. The summed E-state index contributed by atoms with van der Waals surface area (Å²) in [7, 11) is 0. The van der Waals surface area contributed by atoms with Crippen molar-refractivity contribution >= 4 is 22.9 Å². The maximum absolute atomic E-state index is 12.6. The number of hydrazone groups is 1. The van der Waals surface area contributed by atoms with Crippen molar-refractivity contribution in [3.63, 3.8) is 0 Å². The fourth-order valence-electron chi connectivity index (χ4n) is 2.72. The molecule has 0 bridgehead atoms. The molecule has 3 rings (SSSR count). The van der Waals surface area contributed by atoms with Crippen molar-refractivity contribution in [3.05, 3.63) is 77.4 Å². The van der Waals surface area contributed by atoms with Gasteiger partial charge < -0.3 is 4.74 Å². The van der Waals surface area contributed by atoms with Crippen LogP contribution in [-0.4, -0.2) is 18.7 Å². The van der Waals surface area contributed by atoms with Crippen molar-refractivity contribution < 1.29 is 9.53 Å². The van der Waals surface area contributed by atoms with Crippen LogP contribution >= 0.6 is 0 Å². The van der Waals surface area contributed by atoms with Gasteiger partial charge in [-0.05, 0) is 60.0 Å². The molecule has 0 unspecified atom stereocenters. The number of ether oxygens (including phenoxy) is 1. The van der Waals surface area contributed by atoms with E-state index in [2.05, 4.69) is 10.5 Å². The molecule has 3 aromatic carbocycles. The number of carbonyl (C=O) groups is 1. The predicted octanol–water partition coefficient (Wildman–Crippen LogP) is 4.31. The number of carbonyl (C=O) groups excluding carboxylic acids is 1. The highest BCUT2D eigenvalue weighted by Crippen LogP contribution is 2.22. The Morgan fingerprint density at radius 2 is 1.84 bits per heavy atom. The lowest BCUT2D eigenvalue weighted by molar-refractivity contribution is 0.0956. The Bertz CT molecular complexity index is 915. The Labute approximate surface area is 147 Å². The molecule has 3 aromatic rings. The minimum absolute atomic E-state index is 0.212. The maximum atomic E-state index is 12.6. The number of aryl methyl sites for hydroxylation is 1. The first-order valence-electron chi connectivity index (χ1n) is 8.23. The zero-order chi connectivity index (χ0) is 17.6. The fourth-order valence-corrected chi connectivity index (χ4v) is 2.72. The molecule has 0 saturated carbocycles. The summed E-state index contributed by atoms with van der Waals surface area (Å²) < 4.78 is 5.40. The van der Waals surface area contributed by atoms with E-state index in [0.717, 1.165) is 27.6 Å². The molecule has 126 valence electrons. The van der Waals surface area contributed by atoms with Crippen molar-refractivity contribution in [2.24, 2.45) is 5.10 Å². The van der Waals surface area contributed by atoms with Crippen LogP contribution in [0.4, 0.5) is 0 Å². The van der Waals surface area contributed by atoms with E-state index in [0.29, 0.717) is 12.2 Å². The quantitative estimate of drug-likeness (QED) is 0.559. The standard InChI is InChI=1S/C21H20N2O2/c1-3-25-18-12-9-16(10-13-18)14-22-23-21(24)20-15(2)8-11-17-6-4-5-7-19(17)20/h4-14H,3H2,1-2H3,(H,23,24)/b22-14-. The van der Waals surface area contributed by atoms with Crippen LogP contribution < -0.4 is 10.2 Å². The highest BCUT2D eigenvalue weighted by Gasteiger charge is 2.12. The average molecular weight is 332 g/mol. The first kappa shape index (κ1) is 16.7. The summed E-state index contributed by atoms with van der Waals surface area (Å²) in [5.74, 6) is 0.603. The van der Waals surface area contributed by atoms with Crippen molar-refractivity contribution in [2.75, 3.05) is 6.61 Å². The average Bonchev–Trinajstić information content (AvgIpc) is 2.63. The van der Waals surface area contributed by atoms with Gasteiger partial charge >= 0.3 is 0 Å². The molecular formula is C21H20N2O2. The van der Waals surface area contributed by atoms with E-state index in [-0.39, 0.29) is 5.91 Å². The Morgan fingerprint density at radius 1 is 1.08 bits per heavy atom. The van der Waals surface area contributed by atoms with E-state index in [1.807, 2.05) is 74.5 Å². The van der Waals surface area contributed by atoms with Gasteiger partial charge in [0.2, 0.25) is 0 Å². The zero-order valence-corrected chi connectivity index (χ0v) is 14.3. The number of nitrogens with zero attached hydrogens (tertiary/aromatic N) is 1. The van der Waals surface area contributed by atoms with Crippen LogP contribution in [0.1, 0.15) is 28.4 Å². The SMILES string of the molecule is CCOc1ccc(/C=N\NC(=O)c2c(C)ccc3ccccc23)cc1. The van der Waals surface area contributed by atoms with Gasteiger partial charge in [0.1, 0.15) is 5.75 Å². The van der Waals surface area contributed by atoms with Crippen molar-refractivity contribution in [1.29, 1.82) is 0 Å². The van der Waals surface area contributed by atoms with Gasteiger partial charge in [-0.3, -0.25) is 4.79 Å². The Morgan fingerprint density at radius 3 is 2.60 bits per heavy atom. The number of hydrogen-bond donors (Lipinski definition) is 1. The molecule has 1 amide bonds. The van der Waals surface area contributed by atoms with E-state index in [1.165, 1.54) is 0 Å². The second-order valence-electron chi connectivity index (χ2n) is 5.68. The molecule has 0 aliphatic carbocycles. The summed E-state index contributed by atoms with van der Waals surface area (Å²) in [5, 5.41) is 6.04. The van der Waals surface area contributed by atoms with Gasteiger partial charge in [-0.2, -0.15) is 5.10 Å². The molecule has 0 aliphatic heterocycles. The monoisotopic (exact) mass is 332 g/mol. The Kier molecular flexibility index (Phi) is 5.09. The van der Waals surface area contributed by atoms with Crippen LogP contribution in [0.25, 0.3) is 10.8 Å². The van der Waals surface area contributed by atoms with E-state index in [9.17, 15) is 4.79 Å². The van der Waals surface area contributed by atoms with Crippen LogP contribution in [0, 0.1) is 6.92 Å². The van der Waals surface area contributed by atoms with Gasteiger partial charge in [0.05, 0.1) is 18.4 Å². The summed E-state index contributed by atoms with van der Waals surface area (Å²) in [6.07, 6.45) is 1.62. The minimum Gasteiger partial charge on any atom is -0.494 e. The lowest BCUT2D eigenvalue weighted by atomic mass is 9.99. The fraction of sp³-hybridized carbons (Fsp3) is 0.143. The van der Waals surface area contributed by atoms with E-state index in [1.54, 1.807) is 6.21 Å². The number of hydrogen-bond acceptors (Lipinski definition) is 3. The molecule has 4 nitrogen and oxygen atoms in total. The second kappa shape index (κ2) is 7.62. The number of amides is 1. The van der Waals surface area contributed by atoms with Gasteiger partial charge in [-0.1, -0.05) is 36.4 Å². The molecule has 0 atom stereocenters. The van der Waals surface area contributed by atoms with E-state index in [4.69, 9.17) is 4.74 Å². The zero-order valence-electron chi connectivity index (χ0n) is 14.3. The molecule has 0 aromatic heterocycles. The third-order valence-corrected chi connectivity index (χ3v) is 3.94. The van der Waals surface area contributed by atoms with Crippen molar-refractivity contribution in [2.45, 2.75) is 13.8 Å². The molecule has 4 heteroatoms. The van der Waals surface area contributed by atoms with E-state index >= 15 is 0 Å². The third kappa shape index (κ3) is 3.86. The smallest absolute Gasteiger partial charge is 0.272 e. The summed E-state index contributed by atoms with van der Waals surface area (Å²) >= 11 is 0. The molecule has 0 radical (unpaired) electrons. The number of nitrogens with one attached hydrogen (secondary N) is 1. The first-order valence-corrected chi connectivity index (χ1v) is 8.23. The van der Waals surface area contributed by atoms with Gasteiger partial charge in [-0.15, -0.1) is 0 Å². The van der Waals surface area contributed by atoms with Crippen LogP contribution in [0.3, 0.4) is 0 Å².